The molecule has 0 bridgehead atoms. The Morgan fingerprint density at radius 1 is 1.03 bits per heavy atom. The molecule has 0 unspecified atom stereocenters. The van der Waals surface area contributed by atoms with Gasteiger partial charge in [0.05, 0.1) is 18.4 Å². The summed E-state index contributed by atoms with van der Waals surface area (Å²) < 4.78 is 51.2. The topological polar surface area (TPSA) is 41.5 Å². The predicted molar refractivity (Wildman–Crippen MR) is 143 cm³/mol. The molecule has 2 aliphatic rings. The van der Waals surface area contributed by atoms with E-state index in [1.54, 1.807) is 6.07 Å². The van der Waals surface area contributed by atoms with Crippen LogP contribution in [0.5, 0.6) is 5.75 Å². The van der Waals surface area contributed by atoms with Crippen LogP contribution in [0.3, 0.4) is 0 Å². The summed E-state index contributed by atoms with van der Waals surface area (Å²) in [5, 5.41) is 0. The highest BCUT2D eigenvalue weighted by Crippen LogP contribution is 2.43. The van der Waals surface area contributed by atoms with Gasteiger partial charge in [0.2, 0.25) is 0 Å². The van der Waals surface area contributed by atoms with Gasteiger partial charge in [-0.2, -0.15) is 0 Å². The largest absolute Gasteiger partial charge is 0.481 e. The zero-order valence-electron chi connectivity index (χ0n) is 22.7. The summed E-state index contributed by atoms with van der Waals surface area (Å²) in [6, 6.07) is 8.33. The van der Waals surface area contributed by atoms with Gasteiger partial charge in [-0.15, -0.1) is 0 Å². The van der Waals surface area contributed by atoms with Crippen LogP contribution >= 0.6 is 0 Å². The molecule has 0 saturated carbocycles. The molecule has 1 aromatic heterocycles. The minimum atomic E-state index is -0.648. The van der Waals surface area contributed by atoms with E-state index in [0.29, 0.717) is 29.2 Å². The Balaban J connectivity index is 1.43. The molecule has 2 aliphatic heterocycles. The number of hydrogen-bond donors (Lipinski definition) is 0. The van der Waals surface area contributed by atoms with E-state index < -0.39 is 17.2 Å². The highest BCUT2D eigenvalue weighted by atomic mass is 19.1. The fourth-order valence-corrected chi connectivity index (χ4v) is 5.50. The van der Waals surface area contributed by atoms with Gasteiger partial charge in [-0.3, -0.25) is 0 Å². The number of ether oxygens (including phenoxy) is 1. The maximum Gasteiger partial charge on any atom is 0.179 e. The Bertz CT molecular complexity index is 1340. The first-order valence-corrected chi connectivity index (χ1v) is 13.3. The van der Waals surface area contributed by atoms with Crippen molar-refractivity contribution in [1.29, 1.82) is 0 Å². The Morgan fingerprint density at radius 3 is 2.45 bits per heavy atom. The average molecular weight is 525 g/mol. The molecule has 0 amide bonds. The molecule has 1 saturated heterocycles. The summed E-state index contributed by atoms with van der Waals surface area (Å²) in [5.41, 5.74) is 1.77. The zero-order valence-corrected chi connectivity index (χ0v) is 22.7. The Morgan fingerprint density at radius 2 is 1.76 bits per heavy atom. The van der Waals surface area contributed by atoms with Crippen LogP contribution in [0.25, 0.3) is 11.3 Å². The average Bonchev–Trinajstić information content (AvgIpc) is 2.85. The molecule has 202 valence electrons. The van der Waals surface area contributed by atoms with Gasteiger partial charge >= 0.3 is 0 Å². The van der Waals surface area contributed by atoms with Crippen molar-refractivity contribution in [3.63, 3.8) is 0 Å². The third kappa shape index (κ3) is 5.37. The number of hydrogen-bond acceptors (Lipinski definition) is 5. The van der Waals surface area contributed by atoms with E-state index in [-0.39, 0.29) is 35.6 Å². The van der Waals surface area contributed by atoms with Gasteiger partial charge in [-0.25, -0.2) is 23.1 Å². The van der Waals surface area contributed by atoms with Gasteiger partial charge in [0, 0.05) is 18.0 Å². The SMILES string of the molecule is CC(C)N1CC(C)(C)Oc2c(F)cc(-c3nc(Cc4ccc(C5CCN(C)CC5)c(F)c4)ncc3F)cc21. The fourth-order valence-electron chi connectivity index (χ4n) is 5.50. The molecule has 0 aliphatic carbocycles. The Labute approximate surface area is 222 Å². The molecule has 3 aromatic rings. The van der Waals surface area contributed by atoms with E-state index in [0.717, 1.165) is 37.7 Å². The lowest BCUT2D eigenvalue weighted by atomic mass is 9.88. The molecule has 8 heteroatoms. The second kappa shape index (κ2) is 10.2. The van der Waals surface area contributed by atoms with E-state index in [1.807, 2.05) is 39.8 Å². The molecule has 0 atom stereocenters. The van der Waals surface area contributed by atoms with E-state index in [1.165, 1.54) is 12.1 Å². The van der Waals surface area contributed by atoms with Crippen molar-refractivity contribution >= 4 is 5.69 Å². The summed E-state index contributed by atoms with van der Waals surface area (Å²) in [6.45, 7) is 10.4. The van der Waals surface area contributed by atoms with E-state index in [4.69, 9.17) is 4.74 Å². The van der Waals surface area contributed by atoms with Crippen LogP contribution in [-0.2, 0) is 6.42 Å². The third-order valence-electron chi connectivity index (χ3n) is 7.54. The van der Waals surface area contributed by atoms with Crippen molar-refractivity contribution in [3.05, 3.63) is 70.9 Å². The zero-order chi connectivity index (χ0) is 27.2. The third-order valence-corrected chi connectivity index (χ3v) is 7.54. The van der Waals surface area contributed by atoms with Gasteiger partial charge in [-0.1, -0.05) is 12.1 Å². The number of benzene rings is 2. The molecular formula is C30H35F3N4O. The quantitative estimate of drug-likeness (QED) is 0.389. The van der Waals surface area contributed by atoms with Crippen LogP contribution in [0.1, 0.15) is 63.4 Å². The first-order chi connectivity index (χ1) is 18.0. The number of anilines is 1. The number of likely N-dealkylation sites (tertiary alicyclic amines) is 1. The van der Waals surface area contributed by atoms with E-state index in [9.17, 15) is 4.39 Å². The first-order valence-electron chi connectivity index (χ1n) is 13.3. The molecule has 2 aromatic carbocycles. The Kier molecular flexibility index (Phi) is 7.11. The fraction of sp³-hybridized carbons (Fsp3) is 0.467. The van der Waals surface area contributed by atoms with Gasteiger partial charge in [0.15, 0.2) is 17.4 Å². The maximum atomic E-state index is 15.3. The van der Waals surface area contributed by atoms with Crippen molar-refractivity contribution in [2.45, 2.75) is 64.5 Å². The normalized spacial score (nSPS) is 18.0. The second-order valence-electron chi connectivity index (χ2n) is 11.5. The van der Waals surface area contributed by atoms with Crippen LogP contribution in [-0.4, -0.2) is 53.2 Å². The lowest BCUT2D eigenvalue weighted by molar-refractivity contribution is 0.0967. The minimum Gasteiger partial charge on any atom is -0.481 e. The van der Waals surface area contributed by atoms with Crippen molar-refractivity contribution in [1.82, 2.24) is 14.9 Å². The molecule has 0 N–H and O–H groups in total. The number of piperidine rings is 1. The highest BCUT2D eigenvalue weighted by Gasteiger charge is 2.35. The van der Waals surface area contributed by atoms with E-state index >= 15 is 8.78 Å². The number of aromatic nitrogens is 2. The first kappa shape index (κ1) is 26.5. The predicted octanol–water partition coefficient (Wildman–Crippen LogP) is 6.35. The van der Waals surface area contributed by atoms with Crippen LogP contribution in [0.15, 0.2) is 36.5 Å². The molecule has 0 spiro atoms. The van der Waals surface area contributed by atoms with Crippen LogP contribution in [0, 0.1) is 17.5 Å². The summed E-state index contributed by atoms with van der Waals surface area (Å²) in [7, 11) is 2.08. The highest BCUT2D eigenvalue weighted by molar-refractivity contribution is 5.72. The number of rotatable bonds is 5. The standard InChI is InChI=1S/C30H35F3N4O/c1-18(2)37-17-30(3,4)38-29-24(32)14-21(15-26(29)37)28-25(33)16-34-27(35-28)13-19-6-7-22(23(31)12-19)20-8-10-36(5)11-9-20/h6-7,12,14-16,18,20H,8-11,13,17H2,1-5H3. The van der Waals surface area contributed by atoms with Crippen LogP contribution in [0.4, 0.5) is 18.9 Å². The van der Waals surface area contributed by atoms with Gasteiger partial charge in [0.1, 0.15) is 22.9 Å². The molecule has 38 heavy (non-hydrogen) atoms. The lowest BCUT2D eigenvalue weighted by Crippen LogP contribution is -2.49. The number of nitrogens with zero attached hydrogens (tertiary/aromatic N) is 4. The van der Waals surface area contributed by atoms with Gasteiger partial charge < -0.3 is 14.5 Å². The number of fused-ring (bicyclic) bond motifs is 1. The van der Waals surface area contributed by atoms with Crippen LogP contribution < -0.4 is 9.64 Å². The van der Waals surface area contributed by atoms with Crippen molar-refractivity contribution in [2.24, 2.45) is 0 Å². The molecule has 1 fully saturated rings. The molecule has 3 heterocycles. The molecule has 5 rings (SSSR count). The maximum absolute atomic E-state index is 15.3. The van der Waals surface area contributed by atoms with Crippen LogP contribution in [0.2, 0.25) is 0 Å². The van der Waals surface area contributed by atoms with Crippen molar-refractivity contribution in [2.75, 3.05) is 31.6 Å². The Hall–Kier alpha value is -3.13. The smallest absolute Gasteiger partial charge is 0.179 e. The minimum absolute atomic E-state index is 0.00802. The molecule has 0 radical (unpaired) electrons. The summed E-state index contributed by atoms with van der Waals surface area (Å²) in [5.74, 6) is -0.731. The van der Waals surface area contributed by atoms with Crippen molar-refractivity contribution in [3.8, 4) is 17.0 Å². The molecular weight excluding hydrogens is 489 g/mol. The molecule has 5 nitrogen and oxygen atoms in total. The van der Waals surface area contributed by atoms with Gasteiger partial charge in [0.25, 0.3) is 0 Å². The lowest BCUT2D eigenvalue weighted by Gasteiger charge is -2.43. The summed E-state index contributed by atoms with van der Waals surface area (Å²) >= 11 is 0. The monoisotopic (exact) mass is 524 g/mol. The summed E-state index contributed by atoms with van der Waals surface area (Å²) in [4.78, 5) is 12.9. The second-order valence-corrected chi connectivity index (χ2v) is 11.5. The van der Waals surface area contributed by atoms with E-state index in [2.05, 4.69) is 26.8 Å². The number of halogens is 3. The van der Waals surface area contributed by atoms with Gasteiger partial charge in [-0.05, 0) is 95.9 Å². The van der Waals surface area contributed by atoms with Crippen molar-refractivity contribution < 1.29 is 17.9 Å². The summed E-state index contributed by atoms with van der Waals surface area (Å²) in [6.07, 6.45) is 3.20.